The van der Waals surface area contributed by atoms with Crippen molar-refractivity contribution in [3.8, 4) is 5.75 Å². The second-order valence-corrected chi connectivity index (χ2v) is 4.72. The number of hydrogen-bond acceptors (Lipinski definition) is 3. The van der Waals surface area contributed by atoms with E-state index < -0.39 is 0 Å². The molecule has 17 heavy (non-hydrogen) atoms. The molecule has 0 aromatic heterocycles. The molecule has 1 aromatic rings. The number of rotatable bonds is 6. The van der Waals surface area contributed by atoms with Crippen LogP contribution in [0.25, 0.3) is 0 Å². The van der Waals surface area contributed by atoms with Crippen LogP contribution in [0.15, 0.2) is 24.3 Å². The zero-order valence-corrected chi connectivity index (χ0v) is 11.5. The predicted molar refractivity (Wildman–Crippen MR) is 74.0 cm³/mol. The number of methoxy groups -OCH3 is 1. The van der Waals surface area contributed by atoms with E-state index in [1.54, 1.807) is 7.11 Å². The minimum atomic E-state index is 0.464. The summed E-state index contributed by atoms with van der Waals surface area (Å²) in [6, 6.07) is 9.16. The van der Waals surface area contributed by atoms with Gasteiger partial charge in [-0.3, -0.25) is 0 Å². The van der Waals surface area contributed by atoms with E-state index in [4.69, 9.17) is 4.74 Å². The quantitative estimate of drug-likeness (QED) is 0.821. The fourth-order valence-electron chi connectivity index (χ4n) is 1.62. The van der Waals surface area contributed by atoms with Crippen molar-refractivity contribution in [2.24, 2.45) is 0 Å². The molecule has 0 bridgehead atoms. The summed E-state index contributed by atoms with van der Waals surface area (Å²) < 4.78 is 5.16. The van der Waals surface area contributed by atoms with E-state index in [0.29, 0.717) is 12.1 Å². The second-order valence-electron chi connectivity index (χ2n) is 4.72. The monoisotopic (exact) mass is 236 g/mol. The molecule has 3 heteroatoms. The standard InChI is InChI=1S/C14H24N2O/c1-11(2)15-10-12(3)16(4)13-6-8-14(17-5)9-7-13/h6-9,11-12,15H,10H2,1-5H3. The van der Waals surface area contributed by atoms with Crippen LogP contribution in [-0.2, 0) is 0 Å². The molecule has 1 N–H and O–H groups in total. The molecule has 1 aromatic carbocycles. The van der Waals surface area contributed by atoms with Crippen LogP contribution in [0, 0.1) is 0 Å². The molecule has 1 atom stereocenters. The third-order valence-corrected chi connectivity index (χ3v) is 2.96. The van der Waals surface area contributed by atoms with Crippen molar-refractivity contribution >= 4 is 5.69 Å². The van der Waals surface area contributed by atoms with Crippen molar-refractivity contribution in [1.82, 2.24) is 5.32 Å². The van der Waals surface area contributed by atoms with E-state index in [2.05, 4.69) is 50.2 Å². The second kappa shape index (κ2) is 6.50. The van der Waals surface area contributed by atoms with Crippen molar-refractivity contribution in [2.45, 2.75) is 32.9 Å². The van der Waals surface area contributed by atoms with E-state index in [1.165, 1.54) is 5.69 Å². The molecule has 0 fully saturated rings. The number of hydrogen-bond donors (Lipinski definition) is 1. The molecule has 0 radical (unpaired) electrons. The molecule has 0 saturated heterocycles. The molecule has 1 rings (SSSR count). The Hall–Kier alpha value is -1.22. The maximum atomic E-state index is 5.16. The van der Waals surface area contributed by atoms with Gasteiger partial charge in [0.15, 0.2) is 0 Å². The Morgan fingerprint density at radius 2 is 1.76 bits per heavy atom. The zero-order valence-electron chi connectivity index (χ0n) is 11.5. The Bertz CT molecular complexity index is 321. The van der Waals surface area contributed by atoms with Crippen LogP contribution >= 0.6 is 0 Å². The van der Waals surface area contributed by atoms with Crippen molar-refractivity contribution in [1.29, 1.82) is 0 Å². The summed E-state index contributed by atoms with van der Waals surface area (Å²) in [4.78, 5) is 2.27. The van der Waals surface area contributed by atoms with Gasteiger partial charge in [-0.05, 0) is 31.2 Å². The van der Waals surface area contributed by atoms with Crippen LogP contribution < -0.4 is 15.0 Å². The first kappa shape index (κ1) is 13.8. The van der Waals surface area contributed by atoms with Gasteiger partial charge in [0.25, 0.3) is 0 Å². The summed E-state index contributed by atoms with van der Waals surface area (Å²) in [7, 11) is 3.81. The maximum absolute atomic E-state index is 5.16. The largest absolute Gasteiger partial charge is 0.497 e. The molecule has 0 heterocycles. The highest BCUT2D eigenvalue weighted by molar-refractivity contribution is 5.49. The Morgan fingerprint density at radius 1 is 1.18 bits per heavy atom. The maximum Gasteiger partial charge on any atom is 0.119 e. The third-order valence-electron chi connectivity index (χ3n) is 2.96. The third kappa shape index (κ3) is 4.27. The average Bonchev–Trinajstić information content (AvgIpc) is 2.35. The fourth-order valence-corrected chi connectivity index (χ4v) is 1.62. The minimum absolute atomic E-state index is 0.464. The van der Waals surface area contributed by atoms with Crippen molar-refractivity contribution in [3.63, 3.8) is 0 Å². The first-order chi connectivity index (χ1) is 8.04. The number of benzene rings is 1. The van der Waals surface area contributed by atoms with Crippen molar-refractivity contribution in [3.05, 3.63) is 24.3 Å². The minimum Gasteiger partial charge on any atom is -0.497 e. The predicted octanol–water partition coefficient (Wildman–Crippen LogP) is 2.52. The Kier molecular flexibility index (Phi) is 5.29. The molecule has 0 aliphatic heterocycles. The molecule has 0 aliphatic carbocycles. The van der Waals surface area contributed by atoms with Crippen LogP contribution in [0.4, 0.5) is 5.69 Å². The Labute approximate surface area is 105 Å². The molecule has 96 valence electrons. The summed E-state index contributed by atoms with van der Waals surface area (Å²) in [5.41, 5.74) is 1.21. The fraction of sp³-hybridized carbons (Fsp3) is 0.571. The van der Waals surface area contributed by atoms with Crippen LogP contribution in [0.1, 0.15) is 20.8 Å². The van der Waals surface area contributed by atoms with Gasteiger partial charge in [0.05, 0.1) is 7.11 Å². The van der Waals surface area contributed by atoms with Crippen molar-refractivity contribution < 1.29 is 4.74 Å². The van der Waals surface area contributed by atoms with Gasteiger partial charge in [-0.15, -0.1) is 0 Å². The molecule has 0 aliphatic rings. The number of nitrogens with one attached hydrogen (secondary N) is 1. The summed E-state index contributed by atoms with van der Waals surface area (Å²) in [5, 5.41) is 3.45. The van der Waals surface area contributed by atoms with Gasteiger partial charge in [0, 0.05) is 31.4 Å². The smallest absolute Gasteiger partial charge is 0.119 e. The topological polar surface area (TPSA) is 24.5 Å². The molecular weight excluding hydrogens is 212 g/mol. The van der Waals surface area contributed by atoms with E-state index in [1.807, 2.05) is 12.1 Å². The first-order valence-electron chi connectivity index (χ1n) is 6.15. The first-order valence-corrected chi connectivity index (χ1v) is 6.15. The van der Waals surface area contributed by atoms with Crippen LogP contribution in [-0.4, -0.2) is 32.8 Å². The summed E-state index contributed by atoms with van der Waals surface area (Å²) in [6.45, 7) is 7.54. The van der Waals surface area contributed by atoms with E-state index in [0.717, 1.165) is 12.3 Å². The van der Waals surface area contributed by atoms with Gasteiger partial charge in [-0.2, -0.15) is 0 Å². The van der Waals surface area contributed by atoms with E-state index >= 15 is 0 Å². The van der Waals surface area contributed by atoms with Crippen LogP contribution in [0.2, 0.25) is 0 Å². The summed E-state index contributed by atoms with van der Waals surface area (Å²) >= 11 is 0. The van der Waals surface area contributed by atoms with Gasteiger partial charge >= 0.3 is 0 Å². The molecule has 3 nitrogen and oxygen atoms in total. The number of likely N-dealkylation sites (N-methyl/N-ethyl adjacent to an activating group) is 1. The van der Waals surface area contributed by atoms with Gasteiger partial charge in [0.1, 0.15) is 5.75 Å². The normalized spacial score (nSPS) is 12.6. The van der Waals surface area contributed by atoms with Crippen LogP contribution in [0.5, 0.6) is 5.75 Å². The highest BCUT2D eigenvalue weighted by Gasteiger charge is 2.10. The van der Waals surface area contributed by atoms with Gasteiger partial charge in [0.2, 0.25) is 0 Å². The lowest BCUT2D eigenvalue weighted by Gasteiger charge is -2.28. The van der Waals surface area contributed by atoms with Crippen molar-refractivity contribution in [2.75, 3.05) is 25.6 Å². The molecule has 0 amide bonds. The molecule has 1 unspecified atom stereocenters. The molecular formula is C14H24N2O. The number of nitrogens with zero attached hydrogens (tertiary/aromatic N) is 1. The summed E-state index contributed by atoms with van der Waals surface area (Å²) in [6.07, 6.45) is 0. The number of anilines is 1. The highest BCUT2D eigenvalue weighted by atomic mass is 16.5. The van der Waals surface area contributed by atoms with E-state index in [-0.39, 0.29) is 0 Å². The van der Waals surface area contributed by atoms with Gasteiger partial charge < -0.3 is 15.0 Å². The molecule has 0 saturated carbocycles. The van der Waals surface area contributed by atoms with E-state index in [9.17, 15) is 0 Å². The molecule has 0 spiro atoms. The lowest BCUT2D eigenvalue weighted by Crippen LogP contribution is -2.40. The lowest BCUT2D eigenvalue weighted by molar-refractivity contribution is 0.415. The number of ether oxygens (including phenoxy) is 1. The Balaban J connectivity index is 2.58. The van der Waals surface area contributed by atoms with Gasteiger partial charge in [-0.1, -0.05) is 13.8 Å². The zero-order chi connectivity index (χ0) is 12.8. The SMILES string of the molecule is COc1ccc(N(C)C(C)CNC(C)C)cc1. The Morgan fingerprint density at radius 3 is 2.24 bits per heavy atom. The lowest BCUT2D eigenvalue weighted by atomic mass is 10.2. The average molecular weight is 236 g/mol. The van der Waals surface area contributed by atoms with Gasteiger partial charge in [-0.25, -0.2) is 0 Å². The highest BCUT2D eigenvalue weighted by Crippen LogP contribution is 2.19. The van der Waals surface area contributed by atoms with Crippen LogP contribution in [0.3, 0.4) is 0 Å². The summed E-state index contributed by atoms with van der Waals surface area (Å²) in [5.74, 6) is 0.898.